The van der Waals surface area contributed by atoms with Crippen molar-refractivity contribution >= 4 is 16.8 Å². The Bertz CT molecular complexity index is 976. The van der Waals surface area contributed by atoms with Gasteiger partial charge in [0.2, 0.25) is 0 Å². The molecule has 0 aliphatic heterocycles. The molecule has 2 aromatic rings. The van der Waals surface area contributed by atoms with E-state index in [9.17, 15) is 4.79 Å². The first kappa shape index (κ1) is 20.6. The zero-order chi connectivity index (χ0) is 20.9. The fourth-order valence-electron chi connectivity index (χ4n) is 4.74. The summed E-state index contributed by atoms with van der Waals surface area (Å²) < 4.78 is 5.35. The lowest BCUT2D eigenvalue weighted by Gasteiger charge is -2.28. The first-order valence-corrected chi connectivity index (χ1v) is 11.2. The number of fused-ring (bicyclic) bond motifs is 1. The average molecular weight is 405 g/mol. The lowest BCUT2D eigenvalue weighted by molar-refractivity contribution is 0.0931. The Morgan fingerprint density at radius 2 is 2.00 bits per heavy atom. The number of hydrogen-bond donors (Lipinski definition) is 1. The summed E-state index contributed by atoms with van der Waals surface area (Å²) in [6.45, 7) is 3.06. The van der Waals surface area contributed by atoms with Crippen LogP contribution in [0.15, 0.2) is 53.8 Å². The van der Waals surface area contributed by atoms with Gasteiger partial charge in [-0.15, -0.1) is 0 Å². The fourth-order valence-corrected chi connectivity index (χ4v) is 4.74. The second-order valence-corrected chi connectivity index (χ2v) is 8.75. The number of para-hydroxylation sites is 1. The third-order valence-corrected chi connectivity index (χ3v) is 6.73. The summed E-state index contributed by atoms with van der Waals surface area (Å²) in [6.07, 6.45) is 12.0. The number of methoxy groups -OCH3 is 1. The van der Waals surface area contributed by atoms with E-state index in [1.54, 1.807) is 7.11 Å². The van der Waals surface area contributed by atoms with E-state index in [-0.39, 0.29) is 5.91 Å². The Kier molecular flexibility index (Phi) is 6.51. The number of hydrogen-bond acceptors (Lipinski definition) is 3. The van der Waals surface area contributed by atoms with Crippen LogP contribution in [-0.2, 0) is 11.2 Å². The largest absolute Gasteiger partial charge is 0.501 e. The van der Waals surface area contributed by atoms with Crippen molar-refractivity contribution in [3.8, 4) is 0 Å². The normalized spacial score (nSPS) is 21.7. The quantitative estimate of drug-likeness (QED) is 0.683. The molecule has 30 heavy (non-hydrogen) atoms. The van der Waals surface area contributed by atoms with Crippen LogP contribution >= 0.6 is 0 Å². The molecule has 0 spiro atoms. The van der Waals surface area contributed by atoms with Crippen molar-refractivity contribution in [2.45, 2.75) is 51.9 Å². The fraction of sp³-hybridized carbons (Fsp3) is 0.462. The Morgan fingerprint density at radius 1 is 1.17 bits per heavy atom. The van der Waals surface area contributed by atoms with Crippen LogP contribution in [0, 0.1) is 11.8 Å². The number of pyridine rings is 1. The van der Waals surface area contributed by atoms with Gasteiger partial charge in [-0.05, 0) is 54.9 Å². The molecule has 2 aliphatic rings. The Morgan fingerprint density at radius 3 is 2.77 bits per heavy atom. The number of allylic oxidation sites excluding steroid dienone is 4. The molecule has 2 aliphatic carbocycles. The molecule has 4 rings (SSSR count). The third-order valence-electron chi connectivity index (χ3n) is 6.73. The van der Waals surface area contributed by atoms with Crippen molar-refractivity contribution in [2.75, 3.05) is 13.7 Å². The Balaban J connectivity index is 1.54. The number of aromatic nitrogens is 1. The van der Waals surface area contributed by atoms with Gasteiger partial charge in [-0.25, -0.2) is 4.98 Å². The smallest absolute Gasteiger partial charge is 0.269 e. The van der Waals surface area contributed by atoms with Gasteiger partial charge in [0.15, 0.2) is 0 Å². The number of benzene rings is 1. The molecule has 1 aromatic carbocycles. The van der Waals surface area contributed by atoms with Gasteiger partial charge in [0.25, 0.3) is 5.91 Å². The molecule has 1 unspecified atom stereocenters. The van der Waals surface area contributed by atoms with Crippen LogP contribution in [0.1, 0.15) is 61.5 Å². The zero-order valence-electron chi connectivity index (χ0n) is 18.1. The lowest BCUT2D eigenvalue weighted by atomic mass is 9.80. The third kappa shape index (κ3) is 4.75. The van der Waals surface area contributed by atoms with Crippen molar-refractivity contribution in [1.29, 1.82) is 0 Å². The minimum Gasteiger partial charge on any atom is -0.501 e. The lowest BCUT2D eigenvalue weighted by Crippen LogP contribution is -2.33. The second-order valence-electron chi connectivity index (χ2n) is 8.75. The molecule has 4 heteroatoms. The van der Waals surface area contributed by atoms with Crippen molar-refractivity contribution in [1.82, 2.24) is 10.3 Å². The van der Waals surface area contributed by atoms with Crippen LogP contribution in [0.2, 0.25) is 0 Å². The molecule has 0 saturated heterocycles. The number of amides is 1. The molecular weight excluding hydrogens is 372 g/mol. The van der Waals surface area contributed by atoms with Crippen molar-refractivity contribution in [3.05, 3.63) is 65.1 Å². The monoisotopic (exact) mass is 404 g/mol. The van der Waals surface area contributed by atoms with Gasteiger partial charge >= 0.3 is 0 Å². The van der Waals surface area contributed by atoms with Gasteiger partial charge in [0.05, 0.1) is 18.4 Å². The summed E-state index contributed by atoms with van der Waals surface area (Å²) in [4.78, 5) is 17.6. The van der Waals surface area contributed by atoms with Crippen LogP contribution in [0.3, 0.4) is 0 Å². The first-order valence-electron chi connectivity index (χ1n) is 11.2. The number of nitrogens with zero attached hydrogens (tertiary/aromatic N) is 1. The molecule has 4 nitrogen and oxygen atoms in total. The summed E-state index contributed by atoms with van der Waals surface area (Å²) in [5, 5.41) is 4.29. The minimum atomic E-state index is -0.0565. The summed E-state index contributed by atoms with van der Waals surface area (Å²) >= 11 is 0. The van der Waals surface area contributed by atoms with E-state index >= 15 is 0 Å². The summed E-state index contributed by atoms with van der Waals surface area (Å²) in [7, 11) is 1.72. The average Bonchev–Trinajstić information content (AvgIpc) is 2.78. The minimum absolute atomic E-state index is 0.0565. The Labute approximate surface area is 179 Å². The molecular formula is C26H32N2O2. The molecule has 0 bridgehead atoms. The first-order chi connectivity index (χ1) is 14.6. The molecule has 1 fully saturated rings. The number of nitrogens with one attached hydrogen (secondary N) is 1. The van der Waals surface area contributed by atoms with E-state index in [0.717, 1.165) is 48.0 Å². The van der Waals surface area contributed by atoms with Gasteiger partial charge in [0, 0.05) is 18.4 Å². The maximum Gasteiger partial charge on any atom is 0.269 e. The van der Waals surface area contributed by atoms with Crippen LogP contribution in [0.25, 0.3) is 10.9 Å². The van der Waals surface area contributed by atoms with Gasteiger partial charge < -0.3 is 10.1 Å². The molecule has 158 valence electrons. The van der Waals surface area contributed by atoms with Gasteiger partial charge in [-0.1, -0.05) is 56.0 Å². The van der Waals surface area contributed by atoms with E-state index in [2.05, 4.69) is 35.4 Å². The summed E-state index contributed by atoms with van der Waals surface area (Å²) in [6, 6.07) is 10.1. The van der Waals surface area contributed by atoms with Crippen LogP contribution < -0.4 is 5.32 Å². The zero-order valence-corrected chi connectivity index (χ0v) is 18.1. The molecule has 1 heterocycles. The molecule has 1 aromatic heterocycles. The highest BCUT2D eigenvalue weighted by Gasteiger charge is 2.22. The molecule has 0 radical (unpaired) electrons. The van der Waals surface area contributed by atoms with E-state index < -0.39 is 0 Å². The second kappa shape index (κ2) is 9.46. The van der Waals surface area contributed by atoms with Gasteiger partial charge in [-0.2, -0.15) is 0 Å². The van der Waals surface area contributed by atoms with E-state index in [4.69, 9.17) is 4.74 Å². The van der Waals surface area contributed by atoms with Crippen LogP contribution in [0.5, 0.6) is 0 Å². The summed E-state index contributed by atoms with van der Waals surface area (Å²) in [5.74, 6) is 2.23. The van der Waals surface area contributed by atoms with Crippen molar-refractivity contribution in [3.63, 3.8) is 0 Å². The standard InChI is InChI=1S/C26H32N2O2/c1-18-7-3-4-8-20(18)17-27-26(29)25-16-21(23-9-5-6-10-24(23)28-25)15-19-11-13-22(30-2)14-12-19/h5-6,9-11,13,16,18,20H,3-4,7-8,12,14-15,17H2,1-2H3,(H,27,29)/t18-,20?/m0/s1. The number of carbonyl (C=O) groups is 1. The highest BCUT2D eigenvalue weighted by atomic mass is 16.5. The van der Waals surface area contributed by atoms with E-state index in [0.29, 0.717) is 17.5 Å². The maximum absolute atomic E-state index is 12.9. The van der Waals surface area contributed by atoms with Gasteiger partial charge in [0.1, 0.15) is 5.69 Å². The van der Waals surface area contributed by atoms with Crippen molar-refractivity contribution < 1.29 is 9.53 Å². The topological polar surface area (TPSA) is 51.2 Å². The predicted molar refractivity (Wildman–Crippen MR) is 121 cm³/mol. The van der Waals surface area contributed by atoms with E-state index in [1.807, 2.05) is 24.3 Å². The van der Waals surface area contributed by atoms with Crippen LogP contribution in [0.4, 0.5) is 0 Å². The number of ether oxygens (including phenoxy) is 1. The van der Waals surface area contributed by atoms with Crippen molar-refractivity contribution in [2.24, 2.45) is 11.8 Å². The number of rotatable bonds is 6. The number of carbonyl (C=O) groups excluding carboxylic acids is 1. The predicted octanol–water partition coefficient (Wildman–Crippen LogP) is 5.58. The molecule has 2 atom stereocenters. The maximum atomic E-state index is 12.9. The summed E-state index contributed by atoms with van der Waals surface area (Å²) in [5.41, 5.74) is 3.93. The highest BCUT2D eigenvalue weighted by molar-refractivity contribution is 5.96. The van der Waals surface area contributed by atoms with Gasteiger partial charge in [-0.3, -0.25) is 4.79 Å². The SMILES string of the molecule is COC1=CC=C(Cc2cc(C(=O)NCC3CCCC[C@@H]3C)nc3ccccc23)CC1. The molecule has 1 amide bonds. The Hall–Kier alpha value is -2.62. The highest BCUT2D eigenvalue weighted by Crippen LogP contribution is 2.29. The molecule has 1 saturated carbocycles. The van der Waals surface area contributed by atoms with E-state index in [1.165, 1.54) is 31.3 Å². The molecule has 1 N–H and O–H groups in total. The van der Waals surface area contributed by atoms with Crippen LogP contribution in [-0.4, -0.2) is 24.5 Å².